The van der Waals surface area contributed by atoms with Crippen molar-refractivity contribution in [2.45, 2.75) is 47.1 Å². The Hall–Kier alpha value is -1.58. The van der Waals surface area contributed by atoms with Crippen LogP contribution in [0.25, 0.3) is 0 Å². The maximum absolute atomic E-state index is 12.6. The molecular weight excluding hydrogens is 250 g/mol. The molecule has 20 heavy (non-hydrogen) atoms. The van der Waals surface area contributed by atoms with Gasteiger partial charge in [-0.2, -0.15) is 0 Å². The summed E-state index contributed by atoms with van der Waals surface area (Å²) in [6, 6.07) is 5.74. The Kier molecular flexibility index (Phi) is 6.49. The molecule has 112 valence electrons. The third kappa shape index (κ3) is 4.83. The predicted molar refractivity (Wildman–Crippen MR) is 84.0 cm³/mol. The number of hydrogen-bond acceptors (Lipinski definition) is 3. The summed E-state index contributed by atoms with van der Waals surface area (Å²) in [7, 11) is 0. The second-order valence-electron chi connectivity index (χ2n) is 5.78. The number of anilines is 1. The first-order chi connectivity index (χ1) is 9.45. The highest BCUT2D eigenvalue weighted by molar-refractivity contribution is 5.92. The molecule has 0 spiro atoms. The first-order valence-corrected chi connectivity index (χ1v) is 7.47. The van der Waals surface area contributed by atoms with Crippen molar-refractivity contribution in [3.63, 3.8) is 0 Å². The van der Waals surface area contributed by atoms with E-state index in [1.165, 1.54) is 0 Å². The minimum atomic E-state index is 0.00819. The second-order valence-corrected chi connectivity index (χ2v) is 5.78. The Morgan fingerprint density at radius 2 is 2.00 bits per heavy atom. The van der Waals surface area contributed by atoms with E-state index in [9.17, 15) is 4.79 Å². The zero-order valence-corrected chi connectivity index (χ0v) is 13.3. The number of aromatic nitrogens is 1. The van der Waals surface area contributed by atoms with Crippen molar-refractivity contribution >= 4 is 11.7 Å². The zero-order chi connectivity index (χ0) is 15.1. The van der Waals surface area contributed by atoms with Gasteiger partial charge in [-0.3, -0.25) is 4.79 Å². The number of rotatable bonds is 7. The van der Waals surface area contributed by atoms with E-state index in [1.807, 2.05) is 30.9 Å². The van der Waals surface area contributed by atoms with Crippen LogP contribution in [0.5, 0.6) is 0 Å². The van der Waals surface area contributed by atoms with E-state index in [0.29, 0.717) is 11.6 Å². The third-order valence-corrected chi connectivity index (χ3v) is 2.97. The van der Waals surface area contributed by atoms with Gasteiger partial charge in [0.15, 0.2) is 0 Å². The SMILES string of the molecule is CCCNc1cccc(C(=O)N(CC(C)C)C(C)C)n1. The lowest BCUT2D eigenvalue weighted by Crippen LogP contribution is -2.39. The fraction of sp³-hybridized carbons (Fsp3) is 0.625. The first-order valence-electron chi connectivity index (χ1n) is 7.47. The summed E-state index contributed by atoms with van der Waals surface area (Å²) in [4.78, 5) is 18.9. The minimum Gasteiger partial charge on any atom is -0.370 e. The summed E-state index contributed by atoms with van der Waals surface area (Å²) >= 11 is 0. The van der Waals surface area contributed by atoms with Crippen molar-refractivity contribution in [3.05, 3.63) is 23.9 Å². The van der Waals surface area contributed by atoms with E-state index in [2.05, 4.69) is 31.1 Å². The van der Waals surface area contributed by atoms with Crippen LogP contribution in [0.1, 0.15) is 51.5 Å². The molecule has 0 fully saturated rings. The molecule has 0 saturated carbocycles. The van der Waals surface area contributed by atoms with Gasteiger partial charge in [0.25, 0.3) is 5.91 Å². The average molecular weight is 277 g/mol. The van der Waals surface area contributed by atoms with E-state index in [4.69, 9.17) is 0 Å². The highest BCUT2D eigenvalue weighted by atomic mass is 16.2. The van der Waals surface area contributed by atoms with Gasteiger partial charge in [0.1, 0.15) is 11.5 Å². The average Bonchev–Trinajstić information content (AvgIpc) is 2.41. The van der Waals surface area contributed by atoms with Gasteiger partial charge in [-0.05, 0) is 38.3 Å². The lowest BCUT2D eigenvalue weighted by molar-refractivity contribution is 0.0676. The number of nitrogens with one attached hydrogen (secondary N) is 1. The van der Waals surface area contributed by atoms with E-state index in [1.54, 1.807) is 6.07 Å². The molecule has 0 aromatic carbocycles. The van der Waals surface area contributed by atoms with Gasteiger partial charge in [0.05, 0.1) is 0 Å². The minimum absolute atomic E-state index is 0.00819. The fourth-order valence-corrected chi connectivity index (χ4v) is 1.97. The molecule has 1 heterocycles. The molecule has 0 saturated heterocycles. The van der Waals surface area contributed by atoms with E-state index in [-0.39, 0.29) is 11.9 Å². The maximum Gasteiger partial charge on any atom is 0.272 e. The van der Waals surface area contributed by atoms with E-state index in [0.717, 1.165) is 25.3 Å². The Labute approximate surface area is 122 Å². The van der Waals surface area contributed by atoms with Crippen molar-refractivity contribution in [2.24, 2.45) is 5.92 Å². The molecule has 4 heteroatoms. The number of pyridine rings is 1. The Morgan fingerprint density at radius 3 is 2.55 bits per heavy atom. The molecule has 4 nitrogen and oxygen atoms in total. The first kappa shape index (κ1) is 16.5. The molecule has 0 atom stereocenters. The largest absolute Gasteiger partial charge is 0.370 e. The number of carbonyl (C=O) groups excluding carboxylic acids is 1. The van der Waals surface area contributed by atoms with Crippen molar-refractivity contribution < 1.29 is 4.79 Å². The predicted octanol–water partition coefficient (Wildman–Crippen LogP) is 3.41. The zero-order valence-electron chi connectivity index (χ0n) is 13.3. The van der Waals surface area contributed by atoms with Crippen molar-refractivity contribution in [2.75, 3.05) is 18.4 Å². The van der Waals surface area contributed by atoms with Gasteiger partial charge in [-0.25, -0.2) is 4.98 Å². The van der Waals surface area contributed by atoms with Crippen LogP contribution < -0.4 is 5.32 Å². The number of nitrogens with zero attached hydrogens (tertiary/aromatic N) is 2. The number of carbonyl (C=O) groups is 1. The lowest BCUT2D eigenvalue weighted by atomic mass is 10.1. The van der Waals surface area contributed by atoms with Gasteiger partial charge < -0.3 is 10.2 Å². The van der Waals surface area contributed by atoms with Gasteiger partial charge >= 0.3 is 0 Å². The third-order valence-electron chi connectivity index (χ3n) is 2.97. The molecule has 1 rings (SSSR count). The summed E-state index contributed by atoms with van der Waals surface area (Å²) in [5.74, 6) is 1.22. The Bertz CT molecular complexity index is 429. The van der Waals surface area contributed by atoms with Crippen molar-refractivity contribution in [1.29, 1.82) is 0 Å². The summed E-state index contributed by atoms with van der Waals surface area (Å²) in [6.07, 6.45) is 1.03. The monoisotopic (exact) mass is 277 g/mol. The Balaban J connectivity index is 2.88. The second kappa shape index (κ2) is 7.88. The van der Waals surface area contributed by atoms with E-state index >= 15 is 0 Å². The standard InChI is InChI=1S/C16H27N3O/c1-6-10-17-15-9-7-8-14(18-15)16(20)19(13(4)5)11-12(2)3/h7-9,12-13H,6,10-11H2,1-5H3,(H,17,18). The lowest BCUT2D eigenvalue weighted by Gasteiger charge is -2.28. The molecule has 1 aromatic heterocycles. The van der Waals surface area contributed by atoms with Crippen molar-refractivity contribution in [3.8, 4) is 0 Å². The molecule has 1 amide bonds. The quantitative estimate of drug-likeness (QED) is 0.830. The molecule has 0 aliphatic heterocycles. The van der Waals surface area contributed by atoms with Crippen LogP contribution in [0.4, 0.5) is 5.82 Å². The molecule has 1 N–H and O–H groups in total. The van der Waals surface area contributed by atoms with Crippen LogP contribution in [0.3, 0.4) is 0 Å². The Morgan fingerprint density at radius 1 is 1.30 bits per heavy atom. The molecule has 0 aliphatic rings. The highest BCUT2D eigenvalue weighted by Gasteiger charge is 2.20. The summed E-state index contributed by atoms with van der Waals surface area (Å²) in [6.45, 7) is 12.0. The van der Waals surface area contributed by atoms with Gasteiger partial charge in [-0.1, -0.05) is 26.8 Å². The highest BCUT2D eigenvalue weighted by Crippen LogP contribution is 2.12. The van der Waals surface area contributed by atoms with Crippen LogP contribution in [0, 0.1) is 5.92 Å². The van der Waals surface area contributed by atoms with E-state index < -0.39 is 0 Å². The van der Waals surface area contributed by atoms with Crippen LogP contribution in [-0.4, -0.2) is 34.9 Å². The molecule has 1 aromatic rings. The molecule has 0 unspecified atom stereocenters. The molecule has 0 bridgehead atoms. The van der Waals surface area contributed by atoms with Crippen LogP contribution >= 0.6 is 0 Å². The smallest absolute Gasteiger partial charge is 0.272 e. The summed E-state index contributed by atoms with van der Waals surface area (Å²) < 4.78 is 0. The van der Waals surface area contributed by atoms with Gasteiger partial charge in [0, 0.05) is 19.1 Å². The van der Waals surface area contributed by atoms with Gasteiger partial charge in [-0.15, -0.1) is 0 Å². The topological polar surface area (TPSA) is 45.2 Å². The maximum atomic E-state index is 12.6. The van der Waals surface area contributed by atoms with Crippen LogP contribution in [0.2, 0.25) is 0 Å². The number of hydrogen-bond donors (Lipinski definition) is 1. The summed E-state index contributed by atoms with van der Waals surface area (Å²) in [5.41, 5.74) is 0.514. The molecule has 0 radical (unpaired) electrons. The fourth-order valence-electron chi connectivity index (χ4n) is 1.97. The van der Waals surface area contributed by atoms with Crippen LogP contribution in [0.15, 0.2) is 18.2 Å². The van der Waals surface area contributed by atoms with Crippen molar-refractivity contribution in [1.82, 2.24) is 9.88 Å². The molecule has 0 aliphatic carbocycles. The van der Waals surface area contributed by atoms with Crippen LogP contribution in [-0.2, 0) is 0 Å². The normalized spacial score (nSPS) is 10.9. The number of amides is 1. The summed E-state index contributed by atoms with van der Waals surface area (Å²) in [5, 5.41) is 3.22. The molecular formula is C16H27N3O. The van der Waals surface area contributed by atoms with Gasteiger partial charge in [0.2, 0.25) is 0 Å².